The Kier molecular flexibility index (Phi) is 2.74. The maximum Gasteiger partial charge on any atom is 0.345 e. The van der Waals surface area contributed by atoms with Gasteiger partial charge in [-0.3, -0.25) is 0 Å². The first-order valence-corrected chi connectivity index (χ1v) is 3.69. The molecule has 0 aromatic carbocycles. The van der Waals surface area contributed by atoms with Gasteiger partial charge in [-0.15, -0.1) is 0 Å². The van der Waals surface area contributed by atoms with E-state index in [1.54, 1.807) is 0 Å². The van der Waals surface area contributed by atoms with Crippen LogP contribution in [0.2, 0.25) is 0 Å². The van der Waals surface area contributed by atoms with Crippen LogP contribution in [0.15, 0.2) is 16.7 Å². The van der Waals surface area contributed by atoms with Crippen molar-refractivity contribution in [1.29, 1.82) is 0 Å². The first-order chi connectivity index (χ1) is 5.75. The van der Waals surface area contributed by atoms with E-state index in [0.717, 1.165) is 6.42 Å². The average molecular weight is 170 g/mol. The average Bonchev–Trinajstić information content (AvgIpc) is 2.47. The lowest BCUT2D eigenvalue weighted by molar-refractivity contribution is 0.0499. The molecule has 0 aliphatic heterocycles. The molecule has 66 valence electrons. The topological polar surface area (TPSA) is 59.7 Å². The second-order valence-corrected chi connectivity index (χ2v) is 2.28. The predicted molar refractivity (Wildman–Crippen MR) is 40.9 cm³/mol. The summed E-state index contributed by atoms with van der Waals surface area (Å²) in [6.45, 7) is 2.24. The zero-order chi connectivity index (χ0) is 8.97. The Balaban J connectivity index is 2.59. The van der Waals surface area contributed by atoms with E-state index in [-0.39, 0.29) is 5.56 Å². The minimum atomic E-state index is -0.553. The highest BCUT2D eigenvalue weighted by Crippen LogP contribution is 2.18. The van der Waals surface area contributed by atoms with Crippen molar-refractivity contribution in [3.63, 3.8) is 0 Å². The van der Waals surface area contributed by atoms with Crippen LogP contribution in [0, 0.1) is 0 Å². The van der Waals surface area contributed by atoms with Crippen LogP contribution in [0.3, 0.4) is 0 Å². The van der Waals surface area contributed by atoms with Crippen molar-refractivity contribution in [2.24, 2.45) is 0 Å². The smallest absolute Gasteiger partial charge is 0.345 e. The monoisotopic (exact) mass is 170 g/mol. The quantitative estimate of drug-likeness (QED) is 0.699. The zero-order valence-corrected chi connectivity index (χ0v) is 6.74. The number of hydrogen-bond donors (Lipinski definition) is 1. The van der Waals surface area contributed by atoms with Gasteiger partial charge in [0.15, 0.2) is 0 Å². The van der Waals surface area contributed by atoms with Crippen molar-refractivity contribution in [2.75, 3.05) is 6.61 Å². The first kappa shape index (κ1) is 8.64. The molecule has 0 aliphatic rings. The van der Waals surface area contributed by atoms with Crippen molar-refractivity contribution in [3.05, 3.63) is 17.9 Å². The SMILES string of the molecule is CCCOC(=O)c1ccoc1O. The molecular formula is C8H10O4. The summed E-state index contributed by atoms with van der Waals surface area (Å²) in [5.74, 6) is -0.945. The zero-order valence-electron chi connectivity index (χ0n) is 6.74. The maximum atomic E-state index is 11.0. The molecule has 0 atom stereocenters. The number of esters is 1. The predicted octanol–water partition coefficient (Wildman–Crippen LogP) is 1.55. The fraction of sp³-hybridized carbons (Fsp3) is 0.375. The highest BCUT2D eigenvalue weighted by Gasteiger charge is 2.14. The van der Waals surface area contributed by atoms with Gasteiger partial charge in [-0.25, -0.2) is 4.79 Å². The standard InChI is InChI=1S/C8H10O4/c1-2-4-11-7(9)6-3-5-12-8(6)10/h3,5,10H,2,4H2,1H3. The van der Waals surface area contributed by atoms with Gasteiger partial charge in [0.25, 0.3) is 5.95 Å². The number of rotatable bonds is 3. The van der Waals surface area contributed by atoms with Gasteiger partial charge in [-0.1, -0.05) is 6.92 Å². The van der Waals surface area contributed by atoms with E-state index < -0.39 is 11.9 Å². The van der Waals surface area contributed by atoms with E-state index in [9.17, 15) is 4.79 Å². The van der Waals surface area contributed by atoms with E-state index in [1.807, 2.05) is 6.92 Å². The van der Waals surface area contributed by atoms with Crippen LogP contribution < -0.4 is 0 Å². The Labute approximate surface area is 69.8 Å². The van der Waals surface area contributed by atoms with E-state index >= 15 is 0 Å². The number of carbonyl (C=O) groups is 1. The van der Waals surface area contributed by atoms with Crippen LogP contribution >= 0.6 is 0 Å². The molecule has 0 saturated carbocycles. The van der Waals surface area contributed by atoms with Gasteiger partial charge in [0.1, 0.15) is 5.56 Å². The summed E-state index contributed by atoms with van der Waals surface area (Å²) in [4.78, 5) is 11.0. The third-order valence-corrected chi connectivity index (χ3v) is 1.30. The van der Waals surface area contributed by atoms with Crippen molar-refractivity contribution in [2.45, 2.75) is 13.3 Å². The van der Waals surface area contributed by atoms with Crippen LogP contribution in [0.1, 0.15) is 23.7 Å². The van der Waals surface area contributed by atoms with Crippen molar-refractivity contribution in [1.82, 2.24) is 0 Å². The van der Waals surface area contributed by atoms with Crippen molar-refractivity contribution < 1.29 is 19.1 Å². The molecule has 4 nitrogen and oxygen atoms in total. The molecule has 1 rings (SSSR count). The third-order valence-electron chi connectivity index (χ3n) is 1.30. The van der Waals surface area contributed by atoms with E-state index in [4.69, 9.17) is 9.84 Å². The van der Waals surface area contributed by atoms with E-state index in [2.05, 4.69) is 4.42 Å². The largest absolute Gasteiger partial charge is 0.480 e. The summed E-state index contributed by atoms with van der Waals surface area (Å²) < 4.78 is 9.28. The molecule has 0 bridgehead atoms. The number of ether oxygens (including phenoxy) is 1. The molecule has 0 fully saturated rings. The fourth-order valence-electron chi connectivity index (χ4n) is 0.729. The van der Waals surface area contributed by atoms with Crippen molar-refractivity contribution >= 4 is 5.97 Å². The summed E-state index contributed by atoms with van der Waals surface area (Å²) in [6, 6.07) is 1.37. The normalized spacial score (nSPS) is 9.75. The fourth-order valence-corrected chi connectivity index (χ4v) is 0.729. The van der Waals surface area contributed by atoms with E-state index in [0.29, 0.717) is 6.61 Å². The lowest BCUT2D eigenvalue weighted by Gasteiger charge is -1.99. The highest BCUT2D eigenvalue weighted by atomic mass is 16.5. The molecule has 12 heavy (non-hydrogen) atoms. The van der Waals surface area contributed by atoms with Gasteiger partial charge >= 0.3 is 5.97 Å². The number of carbonyl (C=O) groups excluding carboxylic acids is 1. The van der Waals surface area contributed by atoms with Crippen LogP contribution in [0.25, 0.3) is 0 Å². The third kappa shape index (κ3) is 1.78. The lowest BCUT2D eigenvalue weighted by Crippen LogP contribution is -2.04. The van der Waals surface area contributed by atoms with Gasteiger partial charge in [-0.05, 0) is 12.5 Å². The summed E-state index contributed by atoms with van der Waals surface area (Å²) >= 11 is 0. The number of furan rings is 1. The van der Waals surface area contributed by atoms with Crippen LogP contribution in [0.5, 0.6) is 5.95 Å². The second-order valence-electron chi connectivity index (χ2n) is 2.28. The molecular weight excluding hydrogens is 160 g/mol. The Bertz CT molecular complexity index is 264. The van der Waals surface area contributed by atoms with Crippen LogP contribution in [0.4, 0.5) is 0 Å². The summed E-state index contributed by atoms with van der Waals surface area (Å²) in [6.07, 6.45) is 1.99. The molecule has 0 amide bonds. The molecule has 0 spiro atoms. The minimum Gasteiger partial charge on any atom is -0.480 e. The molecule has 1 aromatic rings. The molecule has 1 aromatic heterocycles. The van der Waals surface area contributed by atoms with Gasteiger partial charge in [0.2, 0.25) is 0 Å². The van der Waals surface area contributed by atoms with Gasteiger partial charge < -0.3 is 14.3 Å². The lowest BCUT2D eigenvalue weighted by atomic mass is 10.3. The van der Waals surface area contributed by atoms with Crippen LogP contribution in [-0.4, -0.2) is 17.7 Å². The molecule has 1 N–H and O–H groups in total. The van der Waals surface area contributed by atoms with Gasteiger partial charge in [0, 0.05) is 0 Å². The van der Waals surface area contributed by atoms with Gasteiger partial charge in [0.05, 0.1) is 12.9 Å². The molecule has 0 unspecified atom stereocenters. The molecule has 0 aliphatic carbocycles. The van der Waals surface area contributed by atoms with Crippen molar-refractivity contribution in [3.8, 4) is 5.95 Å². The second kappa shape index (κ2) is 3.80. The first-order valence-electron chi connectivity index (χ1n) is 3.69. The van der Waals surface area contributed by atoms with Crippen LogP contribution in [-0.2, 0) is 4.74 Å². The molecule has 1 heterocycles. The Hall–Kier alpha value is -1.45. The molecule has 0 radical (unpaired) electrons. The number of hydrogen-bond acceptors (Lipinski definition) is 4. The summed E-state index contributed by atoms with van der Waals surface area (Å²) in [7, 11) is 0. The Morgan fingerprint density at radius 2 is 2.50 bits per heavy atom. The van der Waals surface area contributed by atoms with E-state index in [1.165, 1.54) is 12.3 Å². The Morgan fingerprint density at radius 1 is 1.75 bits per heavy atom. The van der Waals surface area contributed by atoms with Gasteiger partial charge in [-0.2, -0.15) is 0 Å². The highest BCUT2D eigenvalue weighted by molar-refractivity contribution is 5.91. The summed E-state index contributed by atoms with van der Waals surface area (Å²) in [5.41, 5.74) is 0.0726. The Morgan fingerprint density at radius 3 is 3.00 bits per heavy atom. The molecule has 4 heteroatoms. The minimum absolute atomic E-state index is 0.0726. The molecule has 0 saturated heterocycles. The maximum absolute atomic E-state index is 11.0. The summed E-state index contributed by atoms with van der Waals surface area (Å²) in [5, 5.41) is 8.95. The number of aromatic hydroxyl groups is 1.